The molecule has 3 rings (SSSR count). The number of hydrogen-bond donors (Lipinski definition) is 1. The Morgan fingerprint density at radius 3 is 2.70 bits per heavy atom. The molecule has 1 N–H and O–H groups in total. The number of aliphatic hydroxyl groups excluding tert-OH is 1. The van der Waals surface area contributed by atoms with Crippen LogP contribution in [0.3, 0.4) is 0 Å². The largest absolute Gasteiger partial charge is 0.386 e. The standard InChI is InChI=1S/C14H16Cl2O4/c1-14(2)19-10-6-18-13(12(10)20-14)11(17)7-3-4-8(15)9(16)5-7/h3-5,10-13,17H,6H2,1-2H3. The van der Waals surface area contributed by atoms with Crippen LogP contribution in [-0.4, -0.2) is 35.8 Å². The van der Waals surface area contributed by atoms with E-state index in [1.54, 1.807) is 18.2 Å². The lowest BCUT2D eigenvalue weighted by Gasteiger charge is -2.25. The molecule has 0 aliphatic carbocycles. The minimum atomic E-state index is -0.836. The summed E-state index contributed by atoms with van der Waals surface area (Å²) in [6.45, 7) is 4.12. The monoisotopic (exact) mass is 318 g/mol. The van der Waals surface area contributed by atoms with Gasteiger partial charge in [-0.1, -0.05) is 29.3 Å². The van der Waals surface area contributed by atoms with Gasteiger partial charge in [0.15, 0.2) is 5.79 Å². The van der Waals surface area contributed by atoms with Crippen LogP contribution >= 0.6 is 23.2 Å². The third-order valence-electron chi connectivity index (χ3n) is 3.59. The molecule has 2 aliphatic heterocycles. The van der Waals surface area contributed by atoms with Gasteiger partial charge in [0.25, 0.3) is 0 Å². The smallest absolute Gasteiger partial charge is 0.164 e. The summed E-state index contributed by atoms with van der Waals surface area (Å²) in [5, 5.41) is 11.3. The van der Waals surface area contributed by atoms with Crippen molar-refractivity contribution in [3.63, 3.8) is 0 Å². The summed E-state index contributed by atoms with van der Waals surface area (Å²) in [6, 6.07) is 5.04. The lowest BCUT2D eigenvalue weighted by molar-refractivity contribution is -0.184. The molecule has 4 unspecified atom stereocenters. The highest BCUT2D eigenvalue weighted by Gasteiger charge is 2.52. The van der Waals surface area contributed by atoms with Gasteiger partial charge in [-0.3, -0.25) is 0 Å². The number of hydrogen-bond acceptors (Lipinski definition) is 4. The van der Waals surface area contributed by atoms with Gasteiger partial charge in [-0.25, -0.2) is 0 Å². The molecular formula is C14H16Cl2O4. The molecule has 4 nitrogen and oxygen atoms in total. The van der Waals surface area contributed by atoms with Gasteiger partial charge in [0.1, 0.15) is 24.4 Å². The predicted molar refractivity (Wildman–Crippen MR) is 75.0 cm³/mol. The van der Waals surface area contributed by atoms with E-state index in [9.17, 15) is 5.11 Å². The average Bonchev–Trinajstić information content (AvgIpc) is 2.86. The van der Waals surface area contributed by atoms with Crippen LogP contribution in [0.1, 0.15) is 25.5 Å². The first-order chi connectivity index (χ1) is 9.37. The van der Waals surface area contributed by atoms with Crippen LogP contribution in [0.5, 0.6) is 0 Å². The van der Waals surface area contributed by atoms with Gasteiger partial charge in [0, 0.05) is 0 Å². The van der Waals surface area contributed by atoms with E-state index >= 15 is 0 Å². The number of rotatable bonds is 2. The van der Waals surface area contributed by atoms with Crippen molar-refractivity contribution < 1.29 is 19.3 Å². The molecule has 1 aromatic rings. The van der Waals surface area contributed by atoms with Crippen LogP contribution in [0.2, 0.25) is 10.0 Å². The fraction of sp³-hybridized carbons (Fsp3) is 0.571. The van der Waals surface area contributed by atoms with E-state index in [0.717, 1.165) is 0 Å². The number of fused-ring (bicyclic) bond motifs is 1. The molecule has 2 saturated heterocycles. The van der Waals surface area contributed by atoms with E-state index in [0.29, 0.717) is 22.2 Å². The van der Waals surface area contributed by atoms with Gasteiger partial charge >= 0.3 is 0 Å². The maximum atomic E-state index is 10.5. The summed E-state index contributed by atoms with van der Waals surface area (Å²) < 4.78 is 17.2. The van der Waals surface area contributed by atoms with Gasteiger partial charge < -0.3 is 19.3 Å². The van der Waals surface area contributed by atoms with Crippen LogP contribution in [0.4, 0.5) is 0 Å². The van der Waals surface area contributed by atoms with E-state index in [1.807, 2.05) is 13.8 Å². The first kappa shape index (κ1) is 14.6. The molecule has 110 valence electrons. The zero-order valence-electron chi connectivity index (χ0n) is 11.2. The Labute approximate surface area is 127 Å². The summed E-state index contributed by atoms with van der Waals surface area (Å²) in [5.41, 5.74) is 0.651. The second-order valence-corrected chi connectivity index (χ2v) is 6.37. The normalized spacial score (nSPS) is 33.1. The summed E-state index contributed by atoms with van der Waals surface area (Å²) in [4.78, 5) is 0. The lowest BCUT2D eigenvalue weighted by atomic mass is 9.99. The third-order valence-corrected chi connectivity index (χ3v) is 4.33. The molecule has 2 fully saturated rings. The number of benzene rings is 1. The Morgan fingerprint density at radius 1 is 1.25 bits per heavy atom. The summed E-state index contributed by atoms with van der Waals surface area (Å²) in [7, 11) is 0. The highest BCUT2D eigenvalue weighted by molar-refractivity contribution is 6.42. The topological polar surface area (TPSA) is 47.9 Å². The van der Waals surface area contributed by atoms with Crippen LogP contribution < -0.4 is 0 Å². The molecule has 0 aromatic heterocycles. The van der Waals surface area contributed by atoms with E-state index in [4.69, 9.17) is 37.4 Å². The maximum absolute atomic E-state index is 10.5. The average molecular weight is 319 g/mol. The van der Waals surface area contributed by atoms with Crippen molar-refractivity contribution >= 4 is 23.2 Å². The van der Waals surface area contributed by atoms with Gasteiger partial charge in [0.05, 0.1) is 16.7 Å². The first-order valence-electron chi connectivity index (χ1n) is 6.48. The molecule has 1 aromatic carbocycles. The zero-order chi connectivity index (χ0) is 14.5. The zero-order valence-corrected chi connectivity index (χ0v) is 12.7. The summed E-state index contributed by atoms with van der Waals surface area (Å²) in [5.74, 6) is -0.644. The molecule has 0 radical (unpaired) electrons. The highest BCUT2D eigenvalue weighted by atomic mass is 35.5. The minimum absolute atomic E-state index is 0.146. The number of ether oxygens (including phenoxy) is 3. The van der Waals surface area contributed by atoms with Gasteiger partial charge in [-0.15, -0.1) is 0 Å². The quantitative estimate of drug-likeness (QED) is 0.910. The third kappa shape index (κ3) is 2.56. The van der Waals surface area contributed by atoms with E-state index < -0.39 is 18.0 Å². The molecule has 0 spiro atoms. The fourth-order valence-electron chi connectivity index (χ4n) is 2.73. The Bertz CT molecular complexity index is 520. The Hall–Kier alpha value is -0.360. The van der Waals surface area contributed by atoms with Crippen molar-refractivity contribution in [1.29, 1.82) is 0 Å². The molecule has 0 amide bonds. The van der Waals surface area contributed by atoms with Crippen LogP contribution in [0, 0.1) is 0 Å². The SMILES string of the molecule is CC1(C)OC2COC(C(O)c3ccc(Cl)c(Cl)c3)C2O1. The van der Waals surface area contributed by atoms with E-state index in [1.165, 1.54) is 0 Å². The van der Waals surface area contributed by atoms with Gasteiger partial charge in [-0.2, -0.15) is 0 Å². The van der Waals surface area contributed by atoms with Crippen molar-refractivity contribution in [2.75, 3.05) is 6.61 Å². The minimum Gasteiger partial charge on any atom is -0.386 e. The number of halogens is 2. The Morgan fingerprint density at radius 2 is 2.00 bits per heavy atom. The van der Waals surface area contributed by atoms with Gasteiger partial charge in [-0.05, 0) is 31.5 Å². The van der Waals surface area contributed by atoms with Crippen LogP contribution in [0.25, 0.3) is 0 Å². The van der Waals surface area contributed by atoms with Crippen LogP contribution in [0.15, 0.2) is 18.2 Å². The van der Waals surface area contributed by atoms with Crippen molar-refractivity contribution in [2.24, 2.45) is 0 Å². The van der Waals surface area contributed by atoms with E-state index in [-0.39, 0.29) is 12.2 Å². The first-order valence-corrected chi connectivity index (χ1v) is 7.23. The summed E-state index contributed by atoms with van der Waals surface area (Å²) in [6.07, 6.45) is -1.74. The molecular weight excluding hydrogens is 303 g/mol. The molecule has 2 heterocycles. The molecule has 6 heteroatoms. The molecule has 2 aliphatic rings. The van der Waals surface area contributed by atoms with E-state index in [2.05, 4.69) is 0 Å². The van der Waals surface area contributed by atoms with Crippen molar-refractivity contribution in [1.82, 2.24) is 0 Å². The summed E-state index contributed by atoms with van der Waals surface area (Å²) >= 11 is 11.9. The Balaban J connectivity index is 1.80. The van der Waals surface area contributed by atoms with Crippen LogP contribution in [-0.2, 0) is 14.2 Å². The molecule has 0 saturated carbocycles. The lowest BCUT2D eigenvalue weighted by Crippen LogP contribution is -2.34. The fourth-order valence-corrected chi connectivity index (χ4v) is 3.03. The maximum Gasteiger partial charge on any atom is 0.164 e. The molecule has 20 heavy (non-hydrogen) atoms. The highest BCUT2D eigenvalue weighted by Crippen LogP contribution is 2.40. The number of aliphatic hydroxyl groups is 1. The van der Waals surface area contributed by atoms with Crippen molar-refractivity contribution in [3.05, 3.63) is 33.8 Å². The molecule has 4 atom stereocenters. The van der Waals surface area contributed by atoms with Crippen molar-refractivity contribution in [2.45, 2.75) is 44.1 Å². The predicted octanol–water partition coefficient (Wildman–Crippen LogP) is 2.95. The van der Waals surface area contributed by atoms with Gasteiger partial charge in [0.2, 0.25) is 0 Å². The Kier molecular flexibility index (Phi) is 3.73. The second-order valence-electron chi connectivity index (χ2n) is 5.55. The van der Waals surface area contributed by atoms with Crippen molar-refractivity contribution in [3.8, 4) is 0 Å². The second kappa shape index (κ2) is 5.13. The molecule has 0 bridgehead atoms.